The largest absolute Gasteiger partial charge is 0.495 e. The van der Waals surface area contributed by atoms with Crippen molar-refractivity contribution >= 4 is 5.69 Å². The molecule has 0 spiro atoms. The molecule has 2 rings (SSSR count). The van der Waals surface area contributed by atoms with Gasteiger partial charge in [-0.2, -0.15) is 5.26 Å². The van der Waals surface area contributed by atoms with Gasteiger partial charge in [-0.1, -0.05) is 31.9 Å². The highest BCUT2D eigenvalue weighted by atomic mass is 16.5. The number of hydrogen-bond acceptors (Lipinski definition) is 3. The Morgan fingerprint density at radius 1 is 1.26 bits per heavy atom. The van der Waals surface area contributed by atoms with Crippen molar-refractivity contribution in [3.05, 3.63) is 24.3 Å². The third-order valence-electron chi connectivity index (χ3n) is 4.09. The van der Waals surface area contributed by atoms with Gasteiger partial charge in [0.05, 0.1) is 18.9 Å². The molecule has 1 unspecified atom stereocenters. The second kappa shape index (κ2) is 6.47. The van der Waals surface area contributed by atoms with Gasteiger partial charge < -0.3 is 10.1 Å². The quantitative estimate of drug-likeness (QED) is 0.892. The van der Waals surface area contributed by atoms with Gasteiger partial charge in [-0.05, 0) is 36.8 Å². The third-order valence-corrected chi connectivity index (χ3v) is 4.09. The lowest BCUT2D eigenvalue weighted by atomic mass is 9.79. The summed E-state index contributed by atoms with van der Waals surface area (Å²) in [5.74, 6) is 2.06. The first kappa shape index (κ1) is 13.7. The number of methoxy groups -OCH3 is 1. The number of nitrogens with zero attached hydrogens (tertiary/aromatic N) is 1. The number of nitriles is 1. The van der Waals surface area contributed by atoms with Gasteiger partial charge in [0.15, 0.2) is 0 Å². The van der Waals surface area contributed by atoms with Crippen molar-refractivity contribution in [2.45, 2.75) is 38.6 Å². The van der Waals surface area contributed by atoms with E-state index in [1.54, 1.807) is 7.11 Å². The van der Waals surface area contributed by atoms with E-state index in [-0.39, 0.29) is 6.04 Å². The van der Waals surface area contributed by atoms with E-state index in [4.69, 9.17) is 4.74 Å². The topological polar surface area (TPSA) is 45.0 Å². The predicted molar refractivity (Wildman–Crippen MR) is 77.1 cm³/mol. The van der Waals surface area contributed by atoms with Crippen molar-refractivity contribution in [1.29, 1.82) is 5.26 Å². The summed E-state index contributed by atoms with van der Waals surface area (Å²) in [6, 6.07) is 10.1. The molecule has 0 aliphatic heterocycles. The number of para-hydroxylation sites is 2. The number of benzene rings is 1. The van der Waals surface area contributed by atoms with Crippen LogP contribution in [-0.4, -0.2) is 13.2 Å². The summed E-state index contributed by atoms with van der Waals surface area (Å²) in [5.41, 5.74) is 0.912. The van der Waals surface area contributed by atoms with Crippen molar-refractivity contribution in [3.63, 3.8) is 0 Å². The zero-order valence-corrected chi connectivity index (χ0v) is 11.7. The van der Waals surface area contributed by atoms with Gasteiger partial charge in [0, 0.05) is 0 Å². The van der Waals surface area contributed by atoms with Crippen LogP contribution >= 0.6 is 0 Å². The Labute approximate surface area is 115 Å². The standard InChI is InChI=1S/C16H22N2O/c1-12-7-9-13(10-8-12)15(11-17)18-14-5-3-4-6-16(14)19-2/h3-6,12-13,15,18H,7-10H2,1-2H3. The summed E-state index contributed by atoms with van der Waals surface area (Å²) >= 11 is 0. The molecule has 1 aliphatic rings. The fourth-order valence-corrected chi connectivity index (χ4v) is 2.81. The minimum Gasteiger partial charge on any atom is -0.495 e. The van der Waals surface area contributed by atoms with Crippen LogP contribution in [0.1, 0.15) is 32.6 Å². The van der Waals surface area contributed by atoms with Crippen LogP contribution < -0.4 is 10.1 Å². The number of rotatable bonds is 4. The van der Waals surface area contributed by atoms with Gasteiger partial charge in [0.25, 0.3) is 0 Å². The minimum atomic E-state index is -0.121. The van der Waals surface area contributed by atoms with Crippen molar-refractivity contribution in [1.82, 2.24) is 0 Å². The lowest BCUT2D eigenvalue weighted by Crippen LogP contribution is -2.30. The van der Waals surface area contributed by atoms with E-state index in [0.29, 0.717) is 5.92 Å². The molecule has 19 heavy (non-hydrogen) atoms. The maximum absolute atomic E-state index is 9.42. The molecule has 0 bridgehead atoms. The molecule has 0 heterocycles. The van der Waals surface area contributed by atoms with Crippen LogP contribution in [0.2, 0.25) is 0 Å². The summed E-state index contributed by atoms with van der Waals surface area (Å²) in [6.45, 7) is 2.30. The van der Waals surface area contributed by atoms with E-state index < -0.39 is 0 Å². The first-order chi connectivity index (χ1) is 9.24. The van der Waals surface area contributed by atoms with Gasteiger partial charge in [-0.3, -0.25) is 0 Å². The van der Waals surface area contributed by atoms with Crippen LogP contribution in [0.25, 0.3) is 0 Å². The van der Waals surface area contributed by atoms with Crippen LogP contribution in [0.4, 0.5) is 5.69 Å². The zero-order chi connectivity index (χ0) is 13.7. The van der Waals surface area contributed by atoms with Gasteiger partial charge in [0.2, 0.25) is 0 Å². The zero-order valence-electron chi connectivity index (χ0n) is 11.7. The fourth-order valence-electron chi connectivity index (χ4n) is 2.81. The second-order valence-electron chi connectivity index (χ2n) is 5.47. The molecular formula is C16H22N2O. The van der Waals surface area contributed by atoms with E-state index in [0.717, 1.165) is 30.2 Å². The van der Waals surface area contributed by atoms with Crippen LogP contribution in [0.5, 0.6) is 5.75 Å². The Balaban J connectivity index is 2.05. The van der Waals surface area contributed by atoms with E-state index in [2.05, 4.69) is 18.3 Å². The molecule has 1 aromatic carbocycles. The lowest BCUT2D eigenvalue weighted by molar-refractivity contribution is 0.282. The molecule has 3 heteroatoms. The average molecular weight is 258 g/mol. The highest BCUT2D eigenvalue weighted by molar-refractivity contribution is 5.57. The molecule has 0 saturated heterocycles. The molecule has 1 N–H and O–H groups in total. The van der Waals surface area contributed by atoms with Crippen LogP contribution in [0.3, 0.4) is 0 Å². The maximum atomic E-state index is 9.42. The monoisotopic (exact) mass is 258 g/mol. The minimum absolute atomic E-state index is 0.121. The molecule has 1 aliphatic carbocycles. The molecule has 1 aromatic rings. The number of ether oxygens (including phenoxy) is 1. The van der Waals surface area contributed by atoms with E-state index in [1.807, 2.05) is 24.3 Å². The Morgan fingerprint density at radius 3 is 2.58 bits per heavy atom. The molecule has 0 amide bonds. The average Bonchev–Trinajstić information content (AvgIpc) is 2.46. The van der Waals surface area contributed by atoms with Crippen molar-refractivity contribution in [3.8, 4) is 11.8 Å². The van der Waals surface area contributed by atoms with Gasteiger partial charge >= 0.3 is 0 Å². The number of anilines is 1. The van der Waals surface area contributed by atoms with Crippen molar-refractivity contribution in [2.24, 2.45) is 11.8 Å². The lowest BCUT2D eigenvalue weighted by Gasteiger charge is -2.30. The summed E-state index contributed by atoms with van der Waals surface area (Å²) in [4.78, 5) is 0. The Hall–Kier alpha value is -1.69. The smallest absolute Gasteiger partial charge is 0.141 e. The van der Waals surface area contributed by atoms with Crippen LogP contribution in [0.15, 0.2) is 24.3 Å². The molecule has 3 nitrogen and oxygen atoms in total. The molecule has 1 fully saturated rings. The summed E-state index contributed by atoms with van der Waals surface area (Å²) < 4.78 is 5.32. The van der Waals surface area contributed by atoms with E-state index in [1.165, 1.54) is 12.8 Å². The fraction of sp³-hybridized carbons (Fsp3) is 0.562. The molecule has 102 valence electrons. The molecule has 1 saturated carbocycles. The molecule has 1 atom stereocenters. The third kappa shape index (κ3) is 3.41. The highest BCUT2D eigenvalue weighted by Gasteiger charge is 2.26. The molecule has 0 aromatic heterocycles. The number of hydrogen-bond donors (Lipinski definition) is 1. The molecular weight excluding hydrogens is 236 g/mol. The summed E-state index contributed by atoms with van der Waals surface area (Å²) in [5, 5.41) is 12.8. The SMILES string of the molecule is COc1ccccc1NC(C#N)C1CCC(C)CC1. The van der Waals surface area contributed by atoms with Crippen molar-refractivity contribution in [2.75, 3.05) is 12.4 Å². The van der Waals surface area contributed by atoms with E-state index in [9.17, 15) is 5.26 Å². The van der Waals surface area contributed by atoms with Crippen molar-refractivity contribution < 1.29 is 4.74 Å². The maximum Gasteiger partial charge on any atom is 0.141 e. The summed E-state index contributed by atoms with van der Waals surface area (Å²) in [7, 11) is 1.66. The second-order valence-corrected chi connectivity index (χ2v) is 5.47. The van der Waals surface area contributed by atoms with Gasteiger partial charge in [0.1, 0.15) is 11.8 Å². The Bertz CT molecular complexity index is 444. The predicted octanol–water partition coefficient (Wildman–Crippen LogP) is 3.83. The van der Waals surface area contributed by atoms with Crippen LogP contribution in [-0.2, 0) is 0 Å². The van der Waals surface area contributed by atoms with Gasteiger partial charge in [-0.25, -0.2) is 0 Å². The summed E-state index contributed by atoms with van der Waals surface area (Å²) in [6.07, 6.45) is 4.75. The number of nitrogens with one attached hydrogen (secondary N) is 1. The van der Waals surface area contributed by atoms with Gasteiger partial charge in [-0.15, -0.1) is 0 Å². The first-order valence-electron chi connectivity index (χ1n) is 7.03. The van der Waals surface area contributed by atoms with E-state index >= 15 is 0 Å². The Morgan fingerprint density at radius 2 is 1.95 bits per heavy atom. The van der Waals surface area contributed by atoms with Crippen LogP contribution in [0, 0.1) is 23.2 Å². The first-order valence-corrected chi connectivity index (χ1v) is 7.03. The Kier molecular flexibility index (Phi) is 4.68. The normalized spacial score (nSPS) is 24.3. The molecule has 0 radical (unpaired) electrons. The highest BCUT2D eigenvalue weighted by Crippen LogP contribution is 2.33.